The number of benzene rings is 2. The van der Waals surface area contributed by atoms with E-state index in [9.17, 15) is 19.4 Å². The molecule has 1 atom stereocenters. The third kappa shape index (κ3) is 3.36. The molecule has 3 aromatic rings. The molecular formula is C24H25FN2O3. The summed E-state index contributed by atoms with van der Waals surface area (Å²) < 4.78 is 14.0. The van der Waals surface area contributed by atoms with Crippen molar-refractivity contribution >= 4 is 22.7 Å². The highest BCUT2D eigenvalue weighted by Crippen LogP contribution is 2.43. The van der Waals surface area contributed by atoms with Gasteiger partial charge < -0.3 is 15.1 Å². The van der Waals surface area contributed by atoms with E-state index in [1.807, 2.05) is 17.0 Å². The van der Waals surface area contributed by atoms with E-state index in [0.717, 1.165) is 22.1 Å². The van der Waals surface area contributed by atoms with Crippen molar-refractivity contribution in [1.82, 2.24) is 4.98 Å². The number of para-hydroxylation sites is 1. The first-order chi connectivity index (χ1) is 14.3. The molecule has 0 spiro atoms. The lowest BCUT2D eigenvalue weighted by Gasteiger charge is -2.26. The number of pyridine rings is 1. The molecule has 1 fully saturated rings. The molecule has 2 aromatic carbocycles. The van der Waals surface area contributed by atoms with E-state index < -0.39 is 11.9 Å². The minimum absolute atomic E-state index is 0.0677. The number of phenolic OH excluding ortho intramolecular Hbond substituents is 1. The number of anilines is 1. The molecule has 0 unspecified atom stereocenters. The number of rotatable bonds is 4. The molecule has 0 aliphatic carbocycles. The molecule has 2 N–H and O–H groups in total. The van der Waals surface area contributed by atoms with Crippen LogP contribution >= 0.6 is 0 Å². The Bertz CT molecular complexity index is 1140. The summed E-state index contributed by atoms with van der Waals surface area (Å²) in [5, 5.41) is 20.8. The average molecular weight is 408 g/mol. The van der Waals surface area contributed by atoms with Crippen LogP contribution in [0.25, 0.3) is 22.0 Å². The van der Waals surface area contributed by atoms with Crippen LogP contribution in [0.4, 0.5) is 10.2 Å². The number of aliphatic carboxylic acids is 1. The predicted molar refractivity (Wildman–Crippen MR) is 116 cm³/mol. The molecule has 2 heterocycles. The van der Waals surface area contributed by atoms with Gasteiger partial charge in [0.2, 0.25) is 0 Å². The topological polar surface area (TPSA) is 73.7 Å². The molecule has 0 bridgehead atoms. The first-order valence-electron chi connectivity index (χ1n) is 10.2. The van der Waals surface area contributed by atoms with E-state index in [1.54, 1.807) is 25.1 Å². The number of carboxylic acid groups (broad SMARTS) is 1. The van der Waals surface area contributed by atoms with Crippen LogP contribution < -0.4 is 4.90 Å². The van der Waals surface area contributed by atoms with Crippen molar-refractivity contribution < 1.29 is 19.4 Å². The zero-order chi connectivity index (χ0) is 21.6. The normalized spacial score (nSPS) is 16.6. The summed E-state index contributed by atoms with van der Waals surface area (Å²) in [6, 6.07) is 10.3. The van der Waals surface area contributed by atoms with Crippen molar-refractivity contribution in [2.45, 2.75) is 33.1 Å². The number of fused-ring (bicyclic) bond motifs is 1. The Kier molecular flexibility index (Phi) is 5.10. The zero-order valence-corrected chi connectivity index (χ0v) is 17.3. The summed E-state index contributed by atoms with van der Waals surface area (Å²) >= 11 is 0. The molecule has 1 aromatic heterocycles. The fourth-order valence-electron chi connectivity index (χ4n) is 4.33. The van der Waals surface area contributed by atoms with Crippen LogP contribution in [0.2, 0.25) is 0 Å². The van der Waals surface area contributed by atoms with Gasteiger partial charge in [-0.2, -0.15) is 0 Å². The van der Waals surface area contributed by atoms with Gasteiger partial charge in [-0.3, -0.25) is 4.79 Å². The van der Waals surface area contributed by atoms with Crippen LogP contribution in [0.15, 0.2) is 36.4 Å². The minimum Gasteiger partial charge on any atom is -0.506 e. The number of aromatic nitrogens is 1. The quantitative estimate of drug-likeness (QED) is 0.629. The monoisotopic (exact) mass is 408 g/mol. The van der Waals surface area contributed by atoms with Gasteiger partial charge in [-0.25, -0.2) is 9.37 Å². The Morgan fingerprint density at radius 3 is 2.67 bits per heavy atom. The maximum Gasteiger partial charge on any atom is 0.308 e. The van der Waals surface area contributed by atoms with Crippen molar-refractivity contribution in [2.24, 2.45) is 5.92 Å². The van der Waals surface area contributed by atoms with Gasteiger partial charge in [-0.05, 0) is 54.2 Å². The lowest BCUT2D eigenvalue weighted by Crippen LogP contribution is -2.25. The number of hydrogen-bond acceptors (Lipinski definition) is 4. The van der Waals surface area contributed by atoms with E-state index in [1.165, 1.54) is 6.07 Å². The molecule has 0 saturated carbocycles. The van der Waals surface area contributed by atoms with Gasteiger partial charge in [0.15, 0.2) is 0 Å². The number of carboxylic acids is 1. The predicted octanol–water partition coefficient (Wildman–Crippen LogP) is 5.09. The van der Waals surface area contributed by atoms with Crippen LogP contribution in [0.1, 0.15) is 37.3 Å². The van der Waals surface area contributed by atoms with Crippen LogP contribution in [-0.2, 0) is 4.79 Å². The molecule has 0 amide bonds. The molecule has 4 rings (SSSR count). The molecule has 1 aliphatic rings. The second-order valence-corrected chi connectivity index (χ2v) is 8.29. The summed E-state index contributed by atoms with van der Waals surface area (Å²) in [7, 11) is 0. The van der Waals surface area contributed by atoms with Crippen molar-refractivity contribution in [3.05, 3.63) is 53.3 Å². The maximum atomic E-state index is 14.0. The van der Waals surface area contributed by atoms with Gasteiger partial charge in [0.25, 0.3) is 0 Å². The number of carbonyl (C=O) groups is 1. The maximum absolute atomic E-state index is 14.0. The van der Waals surface area contributed by atoms with Crippen molar-refractivity contribution in [3.8, 4) is 16.9 Å². The first-order valence-corrected chi connectivity index (χ1v) is 10.2. The van der Waals surface area contributed by atoms with Gasteiger partial charge in [-0.15, -0.1) is 0 Å². The molecular weight excluding hydrogens is 383 g/mol. The smallest absolute Gasteiger partial charge is 0.308 e. The van der Waals surface area contributed by atoms with Crippen LogP contribution in [-0.4, -0.2) is 34.3 Å². The minimum atomic E-state index is -0.804. The SMILES string of the molecule is Cc1cc(-c2c(C(C)C)c(N3CC[C@H](C(=O)O)C3)nc3c(O)cccc23)ccc1F. The Morgan fingerprint density at radius 2 is 2.03 bits per heavy atom. The molecule has 5 nitrogen and oxygen atoms in total. The second kappa shape index (κ2) is 7.59. The molecule has 6 heteroatoms. The lowest BCUT2D eigenvalue weighted by molar-refractivity contribution is -0.140. The average Bonchev–Trinajstić information content (AvgIpc) is 3.19. The van der Waals surface area contributed by atoms with Crippen LogP contribution in [0, 0.1) is 18.7 Å². The highest BCUT2D eigenvalue weighted by atomic mass is 19.1. The summed E-state index contributed by atoms with van der Waals surface area (Å²) in [4.78, 5) is 18.3. The van der Waals surface area contributed by atoms with E-state index in [2.05, 4.69) is 13.8 Å². The van der Waals surface area contributed by atoms with E-state index in [4.69, 9.17) is 4.98 Å². The lowest BCUT2D eigenvalue weighted by atomic mass is 9.89. The van der Waals surface area contributed by atoms with Crippen molar-refractivity contribution in [1.29, 1.82) is 0 Å². The molecule has 1 saturated heterocycles. The number of halogens is 1. The highest BCUT2D eigenvalue weighted by molar-refractivity contribution is 6.01. The summed E-state index contributed by atoms with van der Waals surface area (Å²) in [5.74, 6) is -0.665. The van der Waals surface area contributed by atoms with Gasteiger partial charge in [0.1, 0.15) is 22.9 Å². The van der Waals surface area contributed by atoms with E-state index in [0.29, 0.717) is 36.4 Å². The third-order valence-electron chi connectivity index (χ3n) is 5.87. The number of nitrogens with zero attached hydrogens (tertiary/aromatic N) is 2. The van der Waals surface area contributed by atoms with Gasteiger partial charge in [-0.1, -0.05) is 32.0 Å². The second-order valence-electron chi connectivity index (χ2n) is 8.29. The summed E-state index contributed by atoms with van der Waals surface area (Å²) in [6.07, 6.45) is 0.554. The number of hydrogen-bond donors (Lipinski definition) is 2. The Labute approximate surface area is 174 Å². The fraction of sp³-hybridized carbons (Fsp3) is 0.333. The van der Waals surface area contributed by atoms with Crippen LogP contribution in [0.3, 0.4) is 0 Å². The number of phenols is 1. The molecule has 156 valence electrons. The highest BCUT2D eigenvalue weighted by Gasteiger charge is 2.32. The first kappa shape index (κ1) is 20.1. The summed E-state index contributed by atoms with van der Waals surface area (Å²) in [5.41, 5.74) is 3.74. The van der Waals surface area contributed by atoms with Crippen molar-refractivity contribution in [2.75, 3.05) is 18.0 Å². The van der Waals surface area contributed by atoms with Gasteiger partial charge in [0, 0.05) is 24.0 Å². The summed E-state index contributed by atoms with van der Waals surface area (Å²) in [6.45, 7) is 6.83. The Morgan fingerprint density at radius 1 is 1.27 bits per heavy atom. The van der Waals surface area contributed by atoms with E-state index in [-0.39, 0.29) is 17.5 Å². The Hall–Kier alpha value is -3.15. The van der Waals surface area contributed by atoms with Crippen molar-refractivity contribution in [3.63, 3.8) is 0 Å². The standard InChI is InChI=1S/C24H25FN2O3/c1-13(2)20-21(15-7-8-18(25)14(3)11-15)17-5-4-6-19(28)22(17)26-23(20)27-10-9-16(12-27)24(29)30/h4-8,11,13,16,28H,9-10,12H2,1-3H3,(H,29,30)/t16-/m0/s1. The zero-order valence-electron chi connectivity index (χ0n) is 17.3. The molecule has 30 heavy (non-hydrogen) atoms. The third-order valence-corrected chi connectivity index (χ3v) is 5.87. The molecule has 1 aliphatic heterocycles. The van der Waals surface area contributed by atoms with Gasteiger partial charge >= 0.3 is 5.97 Å². The van der Waals surface area contributed by atoms with Crippen LogP contribution in [0.5, 0.6) is 5.75 Å². The molecule has 0 radical (unpaired) electrons. The fourth-order valence-corrected chi connectivity index (χ4v) is 4.33. The van der Waals surface area contributed by atoms with E-state index >= 15 is 0 Å². The number of aryl methyl sites for hydroxylation is 1. The number of aromatic hydroxyl groups is 1. The largest absolute Gasteiger partial charge is 0.506 e. The Balaban J connectivity index is 2.03. The van der Waals surface area contributed by atoms with Gasteiger partial charge in [0.05, 0.1) is 5.92 Å².